The van der Waals surface area contributed by atoms with E-state index in [4.69, 9.17) is 42.6 Å². The topological polar surface area (TPSA) is 172 Å². The molecule has 10 atom stereocenters. The summed E-state index contributed by atoms with van der Waals surface area (Å²) < 4.78 is 54.8. The van der Waals surface area contributed by atoms with Gasteiger partial charge in [-0.3, -0.25) is 19.2 Å². The molecule has 5 rings (SSSR count). The summed E-state index contributed by atoms with van der Waals surface area (Å²) in [4.78, 5) is 49.0. The molecule has 2 saturated heterocycles. The van der Waals surface area contributed by atoms with E-state index < -0.39 is 90.2 Å². The number of carbonyl (C=O) groups is 4. The van der Waals surface area contributed by atoms with Gasteiger partial charge in [0.05, 0.1) is 26.4 Å². The Morgan fingerprint density at radius 2 is 0.912 bits per heavy atom. The van der Waals surface area contributed by atoms with Gasteiger partial charge in [-0.15, -0.1) is 0 Å². The first-order valence-corrected chi connectivity index (χ1v) is 20.7. The van der Waals surface area contributed by atoms with Crippen LogP contribution >= 0.6 is 21.6 Å². The van der Waals surface area contributed by atoms with Crippen LogP contribution in [0, 0.1) is 0 Å². The second-order valence-electron chi connectivity index (χ2n) is 13.3. The van der Waals surface area contributed by atoms with Crippen LogP contribution in [0.1, 0.15) is 44.4 Å². The van der Waals surface area contributed by atoms with Gasteiger partial charge in [-0.2, -0.15) is 0 Å². The highest BCUT2D eigenvalue weighted by Crippen LogP contribution is 2.45. The van der Waals surface area contributed by atoms with Gasteiger partial charge in [0.25, 0.3) is 0 Å². The molecule has 3 aromatic rings. The zero-order chi connectivity index (χ0) is 40.7. The van der Waals surface area contributed by atoms with Gasteiger partial charge in [0.1, 0.15) is 42.6 Å². The Balaban J connectivity index is 1.48. The minimum Gasteiger partial charge on any atom is -0.463 e. The van der Waals surface area contributed by atoms with Crippen LogP contribution in [-0.4, -0.2) is 102 Å². The summed E-state index contributed by atoms with van der Waals surface area (Å²) in [5.74, 6) is -2.82. The third-order valence-corrected chi connectivity index (χ3v) is 11.5. The first-order chi connectivity index (χ1) is 27.5. The van der Waals surface area contributed by atoms with Crippen molar-refractivity contribution in [3.63, 3.8) is 0 Å². The number of hydrogen-bond donors (Lipinski definition) is 1. The molecule has 0 amide bonds. The van der Waals surface area contributed by atoms with Crippen LogP contribution < -0.4 is 0 Å². The standard InChI is InChI=1S/C41H48O14S2/c1-25(43)47-24-33-35(51-26(2)44)37(52-27(3)45)39(53-28(4)46)41(55-33)57-56-40-38(50-23-31-18-12-7-13-19-31)36(49-22-30-16-10-6-11-17-30)34(32(20-42)54-40)48-21-29-14-8-5-9-15-29/h5-19,32-42H,20-24H2,1-4H3/t32-,33-,34-,35-,36+,37+,38-,39-,40-,41+/m1/s1. The third-order valence-electron chi connectivity index (χ3n) is 8.82. The number of ether oxygens (including phenoxy) is 9. The highest BCUT2D eigenvalue weighted by atomic mass is 33.1. The maximum Gasteiger partial charge on any atom is 0.303 e. The molecule has 57 heavy (non-hydrogen) atoms. The molecule has 2 aliphatic rings. The Hall–Kier alpha value is -4.00. The van der Waals surface area contributed by atoms with Crippen LogP contribution in [0.15, 0.2) is 91.0 Å². The summed E-state index contributed by atoms with van der Waals surface area (Å²) in [5, 5.41) is 10.8. The molecule has 0 spiro atoms. The van der Waals surface area contributed by atoms with E-state index in [-0.39, 0.29) is 26.4 Å². The quantitative estimate of drug-likeness (QED) is 0.104. The number of aliphatic hydroxyl groups excluding tert-OH is 1. The minimum absolute atomic E-state index is 0.177. The monoisotopic (exact) mass is 828 g/mol. The fourth-order valence-corrected chi connectivity index (χ4v) is 9.19. The van der Waals surface area contributed by atoms with E-state index in [1.165, 1.54) is 13.8 Å². The Morgan fingerprint density at radius 1 is 0.509 bits per heavy atom. The van der Waals surface area contributed by atoms with Crippen molar-refractivity contribution >= 4 is 45.5 Å². The van der Waals surface area contributed by atoms with Crippen molar-refractivity contribution in [2.45, 2.75) is 107 Å². The smallest absolute Gasteiger partial charge is 0.303 e. The second kappa shape index (κ2) is 22.2. The van der Waals surface area contributed by atoms with E-state index in [1.807, 2.05) is 91.0 Å². The molecular formula is C41H48O14S2. The summed E-state index contributed by atoms with van der Waals surface area (Å²) in [6, 6.07) is 28.8. The summed E-state index contributed by atoms with van der Waals surface area (Å²) in [5.41, 5.74) is 0.747. The van der Waals surface area contributed by atoms with Crippen LogP contribution in [0.2, 0.25) is 0 Å². The fraction of sp³-hybridized carbons (Fsp3) is 0.463. The van der Waals surface area contributed by atoms with Crippen LogP contribution in [0.5, 0.6) is 0 Å². The summed E-state index contributed by atoms with van der Waals surface area (Å²) in [7, 11) is 2.22. The van der Waals surface area contributed by atoms with Crippen molar-refractivity contribution in [1.82, 2.24) is 0 Å². The van der Waals surface area contributed by atoms with Crippen molar-refractivity contribution in [2.75, 3.05) is 13.2 Å². The van der Waals surface area contributed by atoms with Crippen LogP contribution in [0.3, 0.4) is 0 Å². The van der Waals surface area contributed by atoms with E-state index in [1.54, 1.807) is 0 Å². The van der Waals surface area contributed by atoms with Crippen LogP contribution in [-0.2, 0) is 81.6 Å². The molecule has 14 nitrogen and oxygen atoms in total. The summed E-state index contributed by atoms with van der Waals surface area (Å²) in [6.07, 6.45) is -8.34. The van der Waals surface area contributed by atoms with Gasteiger partial charge >= 0.3 is 23.9 Å². The van der Waals surface area contributed by atoms with Gasteiger partial charge in [-0.25, -0.2) is 0 Å². The molecule has 0 unspecified atom stereocenters. The lowest BCUT2D eigenvalue weighted by atomic mass is 9.99. The Labute approximate surface area is 339 Å². The van der Waals surface area contributed by atoms with E-state index in [2.05, 4.69) is 0 Å². The molecule has 2 fully saturated rings. The molecule has 0 aliphatic carbocycles. The van der Waals surface area contributed by atoms with Crippen molar-refractivity contribution in [3.8, 4) is 0 Å². The molecule has 0 bridgehead atoms. The van der Waals surface area contributed by atoms with Crippen molar-refractivity contribution in [1.29, 1.82) is 0 Å². The Bertz CT molecular complexity index is 1720. The Morgan fingerprint density at radius 3 is 1.37 bits per heavy atom. The number of hydrogen-bond acceptors (Lipinski definition) is 16. The lowest BCUT2D eigenvalue weighted by Gasteiger charge is -2.46. The summed E-state index contributed by atoms with van der Waals surface area (Å²) >= 11 is 0. The number of aliphatic hydroxyl groups is 1. The number of carbonyl (C=O) groups excluding carboxylic acids is 4. The minimum atomic E-state index is -1.34. The van der Waals surface area contributed by atoms with Crippen molar-refractivity contribution < 1.29 is 66.9 Å². The van der Waals surface area contributed by atoms with Crippen molar-refractivity contribution in [2.24, 2.45) is 0 Å². The molecule has 2 aliphatic heterocycles. The van der Waals surface area contributed by atoms with Crippen LogP contribution in [0.4, 0.5) is 0 Å². The van der Waals surface area contributed by atoms with E-state index in [9.17, 15) is 24.3 Å². The predicted molar refractivity (Wildman–Crippen MR) is 208 cm³/mol. The molecule has 3 aromatic carbocycles. The number of rotatable bonds is 18. The largest absolute Gasteiger partial charge is 0.463 e. The molecule has 1 N–H and O–H groups in total. The Kier molecular flexibility index (Phi) is 17.2. The maximum atomic E-state index is 12.5. The van der Waals surface area contributed by atoms with Gasteiger partial charge in [0.2, 0.25) is 0 Å². The molecule has 0 aromatic heterocycles. The maximum absolute atomic E-state index is 12.5. The summed E-state index contributed by atoms with van der Waals surface area (Å²) in [6.45, 7) is 4.50. The first kappa shape index (κ1) is 44.1. The lowest BCUT2D eigenvalue weighted by molar-refractivity contribution is -0.251. The average Bonchev–Trinajstić information content (AvgIpc) is 3.19. The highest BCUT2D eigenvalue weighted by molar-refractivity contribution is 8.77. The van der Waals surface area contributed by atoms with Crippen molar-refractivity contribution in [3.05, 3.63) is 108 Å². The third kappa shape index (κ3) is 13.3. The van der Waals surface area contributed by atoms with Crippen LogP contribution in [0.25, 0.3) is 0 Å². The second-order valence-corrected chi connectivity index (χ2v) is 15.7. The van der Waals surface area contributed by atoms with E-state index in [0.29, 0.717) is 0 Å². The first-order valence-electron chi connectivity index (χ1n) is 18.4. The van der Waals surface area contributed by atoms with E-state index in [0.717, 1.165) is 52.1 Å². The SMILES string of the molecule is CC(=O)OC[C@H]1O[C@@H](SS[C@H]2O[C@H](CO)[C@@H](OCc3ccccc3)[C@H](OCc3ccccc3)[C@H]2OCc2ccccc2)[C@H](OC(C)=O)[C@@H](OC(C)=O)[C@@H]1OC(C)=O. The number of esters is 4. The van der Waals surface area contributed by atoms with E-state index >= 15 is 0 Å². The molecule has 16 heteroatoms. The lowest BCUT2D eigenvalue weighted by Crippen LogP contribution is -2.62. The highest BCUT2D eigenvalue weighted by Gasteiger charge is 2.54. The van der Waals surface area contributed by atoms with Gasteiger partial charge in [0.15, 0.2) is 23.7 Å². The van der Waals surface area contributed by atoms with Gasteiger partial charge in [-0.05, 0) is 16.7 Å². The van der Waals surface area contributed by atoms with Gasteiger partial charge in [-0.1, -0.05) is 113 Å². The predicted octanol–water partition coefficient (Wildman–Crippen LogP) is 4.92. The molecule has 308 valence electrons. The normalized spacial score (nSPS) is 27.2. The van der Waals surface area contributed by atoms with Gasteiger partial charge in [0, 0.05) is 27.7 Å². The molecule has 0 saturated carbocycles. The zero-order valence-corrected chi connectivity index (χ0v) is 33.7. The average molecular weight is 829 g/mol. The molecular weight excluding hydrogens is 781 g/mol. The molecule has 2 heterocycles. The molecule has 0 radical (unpaired) electrons. The number of benzene rings is 3. The fourth-order valence-electron chi connectivity index (χ4n) is 6.35. The zero-order valence-electron chi connectivity index (χ0n) is 32.0. The van der Waals surface area contributed by atoms with Gasteiger partial charge < -0.3 is 47.7 Å².